The van der Waals surface area contributed by atoms with Crippen molar-refractivity contribution in [2.75, 3.05) is 0 Å². The van der Waals surface area contributed by atoms with E-state index in [1.54, 1.807) is 11.3 Å². The number of aliphatic hydroxyl groups excluding tert-OH is 1. The van der Waals surface area contributed by atoms with E-state index in [2.05, 4.69) is 4.98 Å². The number of hydrogen-bond donors (Lipinski definition) is 1. The van der Waals surface area contributed by atoms with E-state index in [9.17, 15) is 5.11 Å². The number of nitrogens with zero attached hydrogens (tertiary/aromatic N) is 2. The van der Waals surface area contributed by atoms with Crippen LogP contribution in [0, 0.1) is 0 Å². The van der Waals surface area contributed by atoms with Crippen molar-refractivity contribution in [1.82, 2.24) is 9.55 Å². The van der Waals surface area contributed by atoms with Gasteiger partial charge in [-0.15, -0.1) is 11.3 Å². The highest BCUT2D eigenvalue weighted by Gasteiger charge is 2.22. The van der Waals surface area contributed by atoms with Crippen molar-refractivity contribution in [3.63, 3.8) is 0 Å². The fraction of sp³-hybridized carbons (Fsp3) is 0.364. The lowest BCUT2D eigenvalue weighted by Gasteiger charge is -2.22. The molecule has 0 amide bonds. The molecule has 0 bridgehead atoms. The molecule has 3 nitrogen and oxygen atoms in total. The molecule has 0 saturated carbocycles. The molecule has 0 spiro atoms. The Hall–Kier alpha value is -1.13. The Morgan fingerprint density at radius 2 is 2.47 bits per heavy atom. The number of rotatable bonds is 1. The van der Waals surface area contributed by atoms with Crippen molar-refractivity contribution in [2.24, 2.45) is 0 Å². The average molecular weight is 220 g/mol. The molecule has 0 aromatic carbocycles. The lowest BCUT2D eigenvalue weighted by Crippen LogP contribution is -2.17. The maximum atomic E-state index is 9.96. The number of thiophene rings is 1. The van der Waals surface area contributed by atoms with Crippen molar-refractivity contribution in [3.05, 3.63) is 29.4 Å². The SMILES string of the molecule is OC1CCCc2cnc(-c3cccs3)n21. The topological polar surface area (TPSA) is 38.1 Å². The molecule has 3 heterocycles. The zero-order valence-corrected chi connectivity index (χ0v) is 9.07. The molecule has 0 aliphatic carbocycles. The Morgan fingerprint density at radius 1 is 1.53 bits per heavy atom. The summed E-state index contributed by atoms with van der Waals surface area (Å²) in [6, 6.07) is 4.05. The minimum absolute atomic E-state index is 0.395. The predicted octanol–water partition coefficient (Wildman–Crippen LogP) is 2.44. The van der Waals surface area contributed by atoms with Crippen LogP contribution < -0.4 is 0 Å². The largest absolute Gasteiger partial charge is 0.373 e. The third-order valence-electron chi connectivity index (χ3n) is 2.81. The molecular weight excluding hydrogens is 208 g/mol. The highest BCUT2D eigenvalue weighted by Crippen LogP contribution is 2.31. The second kappa shape index (κ2) is 3.47. The maximum Gasteiger partial charge on any atom is 0.152 e. The van der Waals surface area contributed by atoms with Crippen LogP contribution in [0.5, 0.6) is 0 Å². The summed E-state index contributed by atoms with van der Waals surface area (Å²) in [7, 11) is 0. The summed E-state index contributed by atoms with van der Waals surface area (Å²) in [6.07, 6.45) is 4.40. The minimum Gasteiger partial charge on any atom is -0.373 e. The smallest absolute Gasteiger partial charge is 0.152 e. The summed E-state index contributed by atoms with van der Waals surface area (Å²) in [5, 5.41) is 12.0. The minimum atomic E-state index is -0.395. The second-order valence-corrected chi connectivity index (χ2v) is 4.74. The molecule has 15 heavy (non-hydrogen) atoms. The molecule has 2 aromatic heterocycles. The molecule has 0 radical (unpaired) electrons. The molecule has 1 aliphatic rings. The van der Waals surface area contributed by atoms with E-state index in [0.717, 1.165) is 35.7 Å². The summed E-state index contributed by atoms with van der Waals surface area (Å²) in [5.74, 6) is 0.909. The van der Waals surface area contributed by atoms with Gasteiger partial charge in [0, 0.05) is 11.9 Å². The van der Waals surface area contributed by atoms with Crippen LogP contribution in [0.15, 0.2) is 23.7 Å². The highest BCUT2D eigenvalue weighted by atomic mass is 32.1. The summed E-state index contributed by atoms with van der Waals surface area (Å²) in [4.78, 5) is 5.53. The van der Waals surface area contributed by atoms with Gasteiger partial charge in [-0.1, -0.05) is 6.07 Å². The van der Waals surface area contributed by atoms with Crippen molar-refractivity contribution < 1.29 is 5.11 Å². The predicted molar refractivity (Wildman–Crippen MR) is 59.7 cm³/mol. The third kappa shape index (κ3) is 1.41. The molecule has 78 valence electrons. The van der Waals surface area contributed by atoms with E-state index in [1.807, 2.05) is 28.3 Å². The molecule has 3 rings (SSSR count). The standard InChI is InChI=1S/C11H12N2OS/c14-10-5-1-3-8-7-12-11(13(8)10)9-4-2-6-15-9/h2,4,6-7,10,14H,1,3,5H2. The van der Waals surface area contributed by atoms with Gasteiger partial charge in [0.2, 0.25) is 0 Å². The molecule has 4 heteroatoms. The lowest BCUT2D eigenvalue weighted by atomic mass is 10.1. The van der Waals surface area contributed by atoms with Crippen LogP contribution in [-0.4, -0.2) is 14.7 Å². The van der Waals surface area contributed by atoms with E-state index in [-0.39, 0.29) is 0 Å². The van der Waals surface area contributed by atoms with E-state index >= 15 is 0 Å². The van der Waals surface area contributed by atoms with Gasteiger partial charge in [0.1, 0.15) is 6.23 Å². The monoisotopic (exact) mass is 220 g/mol. The Bertz CT molecular complexity index is 461. The summed E-state index contributed by atoms with van der Waals surface area (Å²) < 4.78 is 1.97. The molecule has 0 fully saturated rings. The van der Waals surface area contributed by atoms with E-state index in [0.29, 0.717) is 0 Å². The quantitative estimate of drug-likeness (QED) is 0.801. The van der Waals surface area contributed by atoms with Crippen molar-refractivity contribution in [3.8, 4) is 10.7 Å². The van der Waals surface area contributed by atoms with Crippen LogP contribution in [0.2, 0.25) is 0 Å². The van der Waals surface area contributed by atoms with E-state index in [4.69, 9.17) is 0 Å². The highest BCUT2D eigenvalue weighted by molar-refractivity contribution is 7.13. The van der Waals surface area contributed by atoms with Crippen LogP contribution >= 0.6 is 11.3 Å². The Morgan fingerprint density at radius 3 is 3.27 bits per heavy atom. The normalized spacial score (nSPS) is 20.2. The fourth-order valence-corrected chi connectivity index (χ4v) is 2.81. The second-order valence-electron chi connectivity index (χ2n) is 3.79. The fourth-order valence-electron chi connectivity index (χ4n) is 2.10. The van der Waals surface area contributed by atoms with Gasteiger partial charge in [-0.05, 0) is 30.7 Å². The molecule has 1 aliphatic heterocycles. The first-order valence-corrected chi connectivity index (χ1v) is 6.02. The lowest BCUT2D eigenvalue weighted by molar-refractivity contribution is 0.0807. The summed E-state index contributed by atoms with van der Waals surface area (Å²) in [6.45, 7) is 0. The Labute approximate surface area is 92.0 Å². The molecule has 1 atom stereocenters. The number of fused-ring (bicyclic) bond motifs is 1. The van der Waals surface area contributed by atoms with Crippen LogP contribution in [0.4, 0.5) is 0 Å². The number of aliphatic hydroxyl groups is 1. The first-order chi connectivity index (χ1) is 7.36. The maximum absolute atomic E-state index is 9.96. The molecule has 1 unspecified atom stereocenters. The Balaban J connectivity index is 2.14. The van der Waals surface area contributed by atoms with Crippen molar-refractivity contribution in [2.45, 2.75) is 25.5 Å². The zero-order valence-electron chi connectivity index (χ0n) is 8.26. The van der Waals surface area contributed by atoms with Crippen LogP contribution in [0.1, 0.15) is 24.8 Å². The zero-order chi connectivity index (χ0) is 10.3. The van der Waals surface area contributed by atoms with E-state index < -0.39 is 6.23 Å². The van der Waals surface area contributed by atoms with Gasteiger partial charge in [0.15, 0.2) is 5.82 Å². The molecule has 2 aromatic rings. The third-order valence-corrected chi connectivity index (χ3v) is 3.67. The number of aromatic nitrogens is 2. The molecular formula is C11H12N2OS. The van der Waals surface area contributed by atoms with Gasteiger partial charge in [-0.3, -0.25) is 0 Å². The van der Waals surface area contributed by atoms with Gasteiger partial charge in [0.05, 0.1) is 4.88 Å². The summed E-state index contributed by atoms with van der Waals surface area (Å²) >= 11 is 1.66. The first-order valence-electron chi connectivity index (χ1n) is 5.14. The van der Waals surface area contributed by atoms with Gasteiger partial charge in [-0.2, -0.15) is 0 Å². The van der Waals surface area contributed by atoms with Crippen molar-refractivity contribution >= 4 is 11.3 Å². The van der Waals surface area contributed by atoms with Crippen molar-refractivity contribution in [1.29, 1.82) is 0 Å². The van der Waals surface area contributed by atoms with E-state index in [1.165, 1.54) is 0 Å². The summed E-state index contributed by atoms with van der Waals surface area (Å²) in [5.41, 5.74) is 1.15. The Kier molecular flexibility index (Phi) is 2.11. The number of aryl methyl sites for hydroxylation is 1. The first kappa shape index (κ1) is 9.12. The van der Waals surface area contributed by atoms with Crippen LogP contribution in [0.3, 0.4) is 0 Å². The van der Waals surface area contributed by atoms with Gasteiger partial charge in [-0.25, -0.2) is 4.98 Å². The number of imidazole rings is 1. The molecule has 0 saturated heterocycles. The molecule has 1 N–H and O–H groups in total. The van der Waals surface area contributed by atoms with Crippen LogP contribution in [0.25, 0.3) is 10.7 Å². The van der Waals surface area contributed by atoms with Gasteiger partial charge >= 0.3 is 0 Å². The van der Waals surface area contributed by atoms with Crippen LogP contribution in [-0.2, 0) is 6.42 Å². The van der Waals surface area contributed by atoms with Gasteiger partial charge in [0.25, 0.3) is 0 Å². The number of hydrogen-bond acceptors (Lipinski definition) is 3. The average Bonchev–Trinajstić information content (AvgIpc) is 2.85. The van der Waals surface area contributed by atoms with Gasteiger partial charge < -0.3 is 9.67 Å².